The van der Waals surface area contributed by atoms with Crippen LogP contribution in [0.3, 0.4) is 0 Å². The summed E-state index contributed by atoms with van der Waals surface area (Å²) in [6.07, 6.45) is 1.07. The molecule has 0 spiro atoms. The summed E-state index contributed by atoms with van der Waals surface area (Å²) in [5, 5.41) is 5.67. The maximum Gasteiger partial charge on any atom is 0.337 e. The minimum atomic E-state index is -0.509. The maximum atomic E-state index is 12.3. The molecule has 0 fully saturated rings. The normalized spacial score (nSPS) is 11.2. The van der Waals surface area contributed by atoms with Gasteiger partial charge in [-0.15, -0.1) is 0 Å². The summed E-state index contributed by atoms with van der Waals surface area (Å²) in [6, 6.07) is 13.5. The van der Waals surface area contributed by atoms with Crippen LogP contribution in [0.25, 0.3) is 0 Å². The van der Waals surface area contributed by atoms with E-state index in [1.165, 1.54) is 13.2 Å². The summed E-state index contributed by atoms with van der Waals surface area (Å²) in [5.41, 5.74) is 1.32. The second-order valence-corrected chi connectivity index (χ2v) is 6.25. The molecule has 142 valence electrons. The lowest BCUT2D eigenvalue weighted by atomic mass is 10.1. The van der Waals surface area contributed by atoms with E-state index in [-0.39, 0.29) is 11.2 Å². The third-order valence-corrected chi connectivity index (χ3v) is 4.00. The quantitative estimate of drug-likeness (QED) is 0.581. The largest absolute Gasteiger partial charge is 0.491 e. The number of thiocarbonyl (C=S) groups is 1. The number of carbonyl (C=O) groups is 2. The molecule has 1 unspecified atom stereocenters. The van der Waals surface area contributed by atoms with Gasteiger partial charge in [0.25, 0.3) is 5.91 Å². The highest BCUT2D eigenvalue weighted by Gasteiger charge is 2.12. The van der Waals surface area contributed by atoms with Crippen molar-refractivity contribution < 1.29 is 19.1 Å². The van der Waals surface area contributed by atoms with Crippen molar-refractivity contribution in [3.05, 3.63) is 59.7 Å². The van der Waals surface area contributed by atoms with Crippen LogP contribution in [-0.4, -0.2) is 30.2 Å². The fraction of sp³-hybridized carbons (Fsp3) is 0.250. The summed E-state index contributed by atoms with van der Waals surface area (Å²) in [7, 11) is 1.29. The molecule has 0 saturated heterocycles. The lowest BCUT2D eigenvalue weighted by molar-refractivity contribution is 0.0600. The fourth-order valence-corrected chi connectivity index (χ4v) is 2.39. The molecule has 0 bridgehead atoms. The summed E-state index contributed by atoms with van der Waals surface area (Å²) in [5.74, 6) is -0.162. The van der Waals surface area contributed by atoms with Crippen molar-refractivity contribution in [3.8, 4) is 5.75 Å². The zero-order valence-corrected chi connectivity index (χ0v) is 16.3. The fourth-order valence-electron chi connectivity index (χ4n) is 2.18. The van der Waals surface area contributed by atoms with Crippen LogP contribution < -0.4 is 15.4 Å². The van der Waals surface area contributed by atoms with Gasteiger partial charge in [-0.1, -0.05) is 13.0 Å². The first-order valence-electron chi connectivity index (χ1n) is 8.50. The molecule has 2 N–H and O–H groups in total. The Bertz CT molecular complexity index is 821. The van der Waals surface area contributed by atoms with Crippen molar-refractivity contribution in [2.75, 3.05) is 12.4 Å². The molecule has 0 aliphatic rings. The van der Waals surface area contributed by atoms with Crippen LogP contribution in [-0.2, 0) is 4.74 Å². The van der Waals surface area contributed by atoms with E-state index in [0.29, 0.717) is 11.1 Å². The highest BCUT2D eigenvalue weighted by molar-refractivity contribution is 7.80. The monoisotopic (exact) mass is 386 g/mol. The number of amides is 1. The Morgan fingerprint density at radius 2 is 1.78 bits per heavy atom. The lowest BCUT2D eigenvalue weighted by Crippen LogP contribution is -2.34. The minimum Gasteiger partial charge on any atom is -0.491 e. The van der Waals surface area contributed by atoms with Crippen molar-refractivity contribution in [1.29, 1.82) is 0 Å². The number of benzene rings is 2. The first kappa shape index (κ1) is 20.4. The number of esters is 1. The van der Waals surface area contributed by atoms with Crippen molar-refractivity contribution in [3.63, 3.8) is 0 Å². The van der Waals surface area contributed by atoms with Crippen LogP contribution in [0.2, 0.25) is 0 Å². The molecule has 1 atom stereocenters. The predicted octanol–water partition coefficient (Wildman–Crippen LogP) is 3.78. The average Bonchev–Trinajstić information content (AvgIpc) is 2.68. The SMILES string of the molecule is CCC(C)Oc1ccc(NC(=S)NC(=O)c2cccc(C(=O)OC)c2)cc1. The smallest absolute Gasteiger partial charge is 0.337 e. The Morgan fingerprint density at radius 1 is 1.11 bits per heavy atom. The zero-order valence-electron chi connectivity index (χ0n) is 15.4. The first-order valence-corrected chi connectivity index (χ1v) is 8.91. The zero-order chi connectivity index (χ0) is 19.8. The predicted molar refractivity (Wildman–Crippen MR) is 108 cm³/mol. The second-order valence-electron chi connectivity index (χ2n) is 5.84. The third-order valence-electron chi connectivity index (χ3n) is 3.80. The van der Waals surface area contributed by atoms with Crippen LogP contribution in [0.5, 0.6) is 5.75 Å². The van der Waals surface area contributed by atoms with Gasteiger partial charge in [0.05, 0.1) is 18.8 Å². The van der Waals surface area contributed by atoms with Gasteiger partial charge in [-0.05, 0) is 68.0 Å². The van der Waals surface area contributed by atoms with Crippen molar-refractivity contribution >= 4 is 34.9 Å². The van der Waals surface area contributed by atoms with Gasteiger partial charge in [-0.25, -0.2) is 4.79 Å². The Hall–Kier alpha value is -2.93. The number of nitrogens with one attached hydrogen (secondary N) is 2. The van der Waals surface area contributed by atoms with E-state index in [1.807, 2.05) is 31.2 Å². The molecule has 2 aromatic carbocycles. The van der Waals surface area contributed by atoms with Gasteiger partial charge in [0, 0.05) is 11.3 Å². The summed E-state index contributed by atoms with van der Waals surface area (Å²) >= 11 is 5.18. The summed E-state index contributed by atoms with van der Waals surface area (Å²) in [4.78, 5) is 23.9. The maximum absolute atomic E-state index is 12.3. The molecular formula is C20H22N2O4S. The molecule has 6 nitrogen and oxygen atoms in total. The van der Waals surface area contributed by atoms with Crippen LogP contribution in [0.15, 0.2) is 48.5 Å². The Balaban J connectivity index is 1.95. The van der Waals surface area contributed by atoms with E-state index in [4.69, 9.17) is 17.0 Å². The van der Waals surface area contributed by atoms with Gasteiger partial charge in [0.1, 0.15) is 5.75 Å². The van der Waals surface area contributed by atoms with E-state index in [2.05, 4.69) is 22.3 Å². The van der Waals surface area contributed by atoms with E-state index in [1.54, 1.807) is 18.2 Å². The molecule has 0 aliphatic carbocycles. The van der Waals surface area contributed by atoms with E-state index >= 15 is 0 Å². The van der Waals surface area contributed by atoms with Crippen LogP contribution in [0, 0.1) is 0 Å². The van der Waals surface area contributed by atoms with Gasteiger partial charge >= 0.3 is 5.97 Å². The molecule has 1 amide bonds. The van der Waals surface area contributed by atoms with Crippen molar-refractivity contribution in [1.82, 2.24) is 5.32 Å². The molecule has 2 aromatic rings. The number of rotatable bonds is 6. The summed E-state index contributed by atoms with van der Waals surface area (Å²) < 4.78 is 10.4. The van der Waals surface area contributed by atoms with Gasteiger partial charge < -0.3 is 14.8 Å². The molecule has 0 aromatic heterocycles. The second kappa shape index (κ2) is 9.68. The number of anilines is 1. The first-order chi connectivity index (χ1) is 12.9. The Morgan fingerprint density at radius 3 is 2.41 bits per heavy atom. The lowest BCUT2D eigenvalue weighted by Gasteiger charge is -2.14. The van der Waals surface area contributed by atoms with Crippen molar-refractivity contribution in [2.24, 2.45) is 0 Å². The molecule has 0 saturated carbocycles. The van der Waals surface area contributed by atoms with Gasteiger partial charge in [0.15, 0.2) is 5.11 Å². The number of hydrogen-bond donors (Lipinski definition) is 2. The highest BCUT2D eigenvalue weighted by atomic mass is 32.1. The van der Waals surface area contributed by atoms with Crippen molar-refractivity contribution in [2.45, 2.75) is 26.4 Å². The van der Waals surface area contributed by atoms with E-state index < -0.39 is 11.9 Å². The Kier molecular flexibility index (Phi) is 7.31. The standard InChI is InChI=1S/C20H22N2O4S/c1-4-13(2)26-17-10-8-16(9-11-17)21-20(27)22-18(23)14-6-5-7-15(12-14)19(24)25-3/h5-13H,4H2,1-3H3,(H2,21,22,23,27). The molecule has 0 aliphatic heterocycles. The highest BCUT2D eigenvalue weighted by Crippen LogP contribution is 2.17. The molecule has 0 heterocycles. The third kappa shape index (κ3) is 6.07. The van der Waals surface area contributed by atoms with Gasteiger partial charge in [-0.3, -0.25) is 10.1 Å². The average molecular weight is 386 g/mol. The molecule has 27 heavy (non-hydrogen) atoms. The molecule has 7 heteroatoms. The number of hydrogen-bond acceptors (Lipinski definition) is 5. The van der Waals surface area contributed by atoms with Gasteiger partial charge in [0.2, 0.25) is 0 Å². The van der Waals surface area contributed by atoms with E-state index in [9.17, 15) is 9.59 Å². The van der Waals surface area contributed by atoms with E-state index in [0.717, 1.165) is 17.9 Å². The number of ether oxygens (including phenoxy) is 2. The molecule has 0 radical (unpaired) electrons. The van der Waals surface area contributed by atoms with Crippen LogP contribution in [0.4, 0.5) is 5.69 Å². The topological polar surface area (TPSA) is 76.7 Å². The Labute approximate surface area is 163 Å². The van der Waals surface area contributed by atoms with Gasteiger partial charge in [-0.2, -0.15) is 0 Å². The number of carbonyl (C=O) groups excluding carboxylic acids is 2. The van der Waals surface area contributed by atoms with Crippen LogP contribution in [0.1, 0.15) is 41.0 Å². The number of methoxy groups -OCH3 is 1. The molecule has 2 rings (SSSR count). The molecular weight excluding hydrogens is 364 g/mol. The minimum absolute atomic E-state index is 0.143. The van der Waals surface area contributed by atoms with Crippen LogP contribution >= 0.6 is 12.2 Å². The summed E-state index contributed by atoms with van der Waals surface area (Å²) in [6.45, 7) is 4.06.